The molecule has 1 aliphatic rings. The number of carbonyl (C=O) groups is 1. The van der Waals surface area contributed by atoms with Crippen LogP contribution in [-0.2, 0) is 9.53 Å². The zero-order valence-electron chi connectivity index (χ0n) is 6.25. The molecular formula is C7H12O3S. The van der Waals surface area contributed by atoms with Crippen molar-refractivity contribution in [1.29, 1.82) is 0 Å². The van der Waals surface area contributed by atoms with E-state index < -0.39 is 5.97 Å². The van der Waals surface area contributed by atoms with Crippen molar-refractivity contribution >= 4 is 18.6 Å². The molecule has 11 heavy (non-hydrogen) atoms. The molecule has 1 N–H and O–H groups in total. The molecule has 0 atom stereocenters. The van der Waals surface area contributed by atoms with Crippen LogP contribution in [0.2, 0.25) is 0 Å². The third kappa shape index (κ3) is 7.42. The lowest BCUT2D eigenvalue weighted by atomic mass is 10.4. The Bertz CT molecular complexity index is 121. The normalized spacial score (nSPS) is 15.0. The molecule has 0 aromatic heterocycles. The van der Waals surface area contributed by atoms with E-state index in [1.54, 1.807) is 0 Å². The van der Waals surface area contributed by atoms with E-state index in [1.807, 2.05) is 0 Å². The number of ether oxygens (including phenoxy) is 1. The molecule has 0 saturated carbocycles. The summed E-state index contributed by atoms with van der Waals surface area (Å²) in [5.74, 6) is -1.07. The molecule has 1 aliphatic heterocycles. The van der Waals surface area contributed by atoms with Crippen molar-refractivity contribution in [3.05, 3.63) is 11.5 Å². The van der Waals surface area contributed by atoms with E-state index in [0.717, 1.165) is 13.2 Å². The molecule has 0 amide bonds. The first-order valence-corrected chi connectivity index (χ1v) is 3.78. The molecule has 1 heterocycles. The van der Waals surface area contributed by atoms with Gasteiger partial charge in [0.1, 0.15) is 0 Å². The third-order valence-electron chi connectivity index (χ3n) is 1.07. The maximum Gasteiger partial charge on any atom is 0.341 e. The largest absolute Gasteiger partial charge is 0.477 e. The minimum absolute atomic E-state index is 0.130. The lowest BCUT2D eigenvalue weighted by Crippen LogP contribution is -1.89. The molecule has 1 saturated heterocycles. The van der Waals surface area contributed by atoms with Crippen LogP contribution in [0.25, 0.3) is 0 Å². The van der Waals surface area contributed by atoms with Crippen LogP contribution in [0.3, 0.4) is 0 Å². The van der Waals surface area contributed by atoms with Gasteiger partial charge >= 0.3 is 5.97 Å². The van der Waals surface area contributed by atoms with Crippen LogP contribution in [0.4, 0.5) is 0 Å². The quantitative estimate of drug-likeness (QED) is 0.468. The van der Waals surface area contributed by atoms with Crippen molar-refractivity contribution in [3.8, 4) is 0 Å². The molecule has 0 radical (unpaired) electrons. The SMILES string of the molecule is C1CCOC1.C=C(S)C(=O)O. The third-order valence-corrected chi connectivity index (χ3v) is 1.27. The van der Waals surface area contributed by atoms with E-state index in [-0.39, 0.29) is 4.91 Å². The Hall–Kier alpha value is -0.480. The van der Waals surface area contributed by atoms with Crippen molar-refractivity contribution in [2.24, 2.45) is 0 Å². The summed E-state index contributed by atoms with van der Waals surface area (Å²) in [6, 6.07) is 0. The molecule has 0 unspecified atom stereocenters. The fourth-order valence-corrected chi connectivity index (χ4v) is 0.510. The molecule has 1 fully saturated rings. The fourth-order valence-electron chi connectivity index (χ4n) is 0.510. The zero-order chi connectivity index (χ0) is 8.69. The van der Waals surface area contributed by atoms with E-state index in [1.165, 1.54) is 12.8 Å². The summed E-state index contributed by atoms with van der Waals surface area (Å²) in [4.78, 5) is 9.39. The predicted octanol–water partition coefficient (Wildman–Crippen LogP) is 1.31. The summed E-state index contributed by atoms with van der Waals surface area (Å²) in [5, 5.41) is 7.81. The first kappa shape index (κ1) is 10.5. The Morgan fingerprint density at radius 3 is 1.91 bits per heavy atom. The lowest BCUT2D eigenvalue weighted by Gasteiger charge is -1.78. The van der Waals surface area contributed by atoms with Crippen LogP contribution in [0, 0.1) is 0 Å². The number of hydrogen-bond acceptors (Lipinski definition) is 3. The van der Waals surface area contributed by atoms with Gasteiger partial charge < -0.3 is 9.84 Å². The first-order valence-electron chi connectivity index (χ1n) is 3.33. The lowest BCUT2D eigenvalue weighted by molar-refractivity contribution is -0.131. The highest BCUT2D eigenvalue weighted by Gasteiger charge is 1.94. The molecule has 4 heteroatoms. The second kappa shape index (κ2) is 6.24. The van der Waals surface area contributed by atoms with Gasteiger partial charge in [0.25, 0.3) is 0 Å². The van der Waals surface area contributed by atoms with Gasteiger partial charge in [-0.2, -0.15) is 0 Å². The molecule has 64 valence electrons. The summed E-state index contributed by atoms with van der Waals surface area (Å²) < 4.78 is 4.94. The number of rotatable bonds is 1. The minimum atomic E-state index is -1.07. The van der Waals surface area contributed by atoms with Gasteiger partial charge in [0.15, 0.2) is 0 Å². The summed E-state index contributed by atoms with van der Waals surface area (Å²) in [7, 11) is 0. The second-order valence-corrected chi connectivity index (χ2v) is 2.61. The van der Waals surface area contributed by atoms with Gasteiger partial charge in [-0.3, -0.25) is 0 Å². The van der Waals surface area contributed by atoms with Gasteiger partial charge in [-0.25, -0.2) is 4.79 Å². The zero-order valence-corrected chi connectivity index (χ0v) is 7.14. The maximum absolute atomic E-state index is 9.52. The Kier molecular flexibility index (Phi) is 5.97. The van der Waals surface area contributed by atoms with Crippen molar-refractivity contribution in [2.45, 2.75) is 12.8 Å². The van der Waals surface area contributed by atoms with Crippen molar-refractivity contribution in [3.63, 3.8) is 0 Å². The Labute approximate surface area is 71.5 Å². The van der Waals surface area contributed by atoms with Gasteiger partial charge in [-0.15, -0.1) is 12.6 Å². The summed E-state index contributed by atoms with van der Waals surface area (Å²) in [5.41, 5.74) is 0. The molecule has 0 bridgehead atoms. The van der Waals surface area contributed by atoms with Crippen LogP contribution in [0.1, 0.15) is 12.8 Å². The molecule has 0 aliphatic carbocycles. The van der Waals surface area contributed by atoms with Gasteiger partial charge in [0.05, 0.1) is 4.91 Å². The van der Waals surface area contributed by atoms with Gasteiger partial charge in [0.2, 0.25) is 0 Å². The van der Waals surface area contributed by atoms with E-state index in [4.69, 9.17) is 9.84 Å². The number of carboxylic acid groups (broad SMARTS) is 1. The van der Waals surface area contributed by atoms with Crippen LogP contribution in [0.5, 0.6) is 0 Å². The molecular weight excluding hydrogens is 164 g/mol. The first-order chi connectivity index (χ1) is 5.14. The van der Waals surface area contributed by atoms with Gasteiger partial charge in [-0.05, 0) is 12.8 Å². The Balaban J connectivity index is 0.000000183. The Morgan fingerprint density at radius 1 is 1.45 bits per heavy atom. The van der Waals surface area contributed by atoms with E-state index in [9.17, 15) is 4.79 Å². The molecule has 1 rings (SSSR count). The average Bonchev–Trinajstić information content (AvgIpc) is 2.41. The highest BCUT2D eigenvalue weighted by Crippen LogP contribution is 1.98. The van der Waals surface area contributed by atoms with Crippen molar-refractivity contribution in [1.82, 2.24) is 0 Å². The Morgan fingerprint density at radius 2 is 1.82 bits per heavy atom. The number of aliphatic carboxylic acids is 1. The van der Waals surface area contributed by atoms with Crippen LogP contribution in [-0.4, -0.2) is 24.3 Å². The van der Waals surface area contributed by atoms with Crippen molar-refractivity contribution in [2.75, 3.05) is 13.2 Å². The van der Waals surface area contributed by atoms with E-state index >= 15 is 0 Å². The second-order valence-electron chi connectivity index (χ2n) is 2.07. The molecule has 0 spiro atoms. The highest BCUT2D eigenvalue weighted by molar-refractivity contribution is 7.85. The van der Waals surface area contributed by atoms with Gasteiger partial charge in [-0.1, -0.05) is 6.58 Å². The minimum Gasteiger partial charge on any atom is -0.477 e. The average molecular weight is 176 g/mol. The number of hydrogen-bond donors (Lipinski definition) is 2. The van der Waals surface area contributed by atoms with Crippen LogP contribution < -0.4 is 0 Å². The summed E-state index contributed by atoms with van der Waals surface area (Å²) in [6.07, 6.45) is 2.56. The smallest absolute Gasteiger partial charge is 0.341 e. The maximum atomic E-state index is 9.52. The highest BCUT2D eigenvalue weighted by atomic mass is 32.1. The molecule has 0 aromatic carbocycles. The number of thiol groups is 1. The number of carboxylic acids is 1. The molecule has 3 nitrogen and oxygen atoms in total. The van der Waals surface area contributed by atoms with E-state index in [2.05, 4.69) is 19.2 Å². The van der Waals surface area contributed by atoms with Crippen LogP contribution >= 0.6 is 12.6 Å². The standard InChI is InChI=1S/C4H8O.C3H4O2S/c1-2-4-5-3-1;1-2(6)3(4)5/h1-4H2;6H,1H2,(H,4,5). The summed E-state index contributed by atoms with van der Waals surface area (Å²) in [6.45, 7) is 5.02. The van der Waals surface area contributed by atoms with E-state index in [0.29, 0.717) is 0 Å². The van der Waals surface area contributed by atoms with Gasteiger partial charge in [0, 0.05) is 13.2 Å². The fraction of sp³-hybridized carbons (Fsp3) is 0.571. The predicted molar refractivity (Wildman–Crippen MR) is 45.8 cm³/mol. The summed E-state index contributed by atoms with van der Waals surface area (Å²) >= 11 is 3.40. The van der Waals surface area contributed by atoms with Crippen LogP contribution in [0.15, 0.2) is 11.5 Å². The topological polar surface area (TPSA) is 46.5 Å². The molecule has 0 aromatic rings. The van der Waals surface area contributed by atoms with Crippen molar-refractivity contribution < 1.29 is 14.6 Å². The monoisotopic (exact) mass is 176 g/mol.